The molecule has 0 saturated carbocycles. The number of carbonyl (C=O) groups excluding carboxylic acids is 1. The average Bonchev–Trinajstić information content (AvgIpc) is 2.84. The molecule has 0 bridgehead atoms. The number of hydrogen-bond acceptors (Lipinski definition) is 6. The van der Waals surface area contributed by atoms with Crippen molar-refractivity contribution < 1.29 is 9.53 Å². The number of H-pyrrole nitrogens is 1. The number of aromatic amines is 1. The highest BCUT2D eigenvalue weighted by molar-refractivity contribution is 5.78. The molecule has 0 atom stereocenters. The molecule has 1 saturated heterocycles. The van der Waals surface area contributed by atoms with E-state index in [2.05, 4.69) is 20.3 Å². The predicted octanol–water partition coefficient (Wildman–Crippen LogP) is -1.43. The van der Waals surface area contributed by atoms with Crippen molar-refractivity contribution in [2.24, 2.45) is 0 Å². The number of amides is 1. The summed E-state index contributed by atoms with van der Waals surface area (Å²) < 4.78 is 6.73. The number of rotatable bonds is 5. The van der Waals surface area contributed by atoms with Gasteiger partial charge in [-0.25, -0.2) is 14.8 Å². The van der Waals surface area contributed by atoms with Crippen molar-refractivity contribution in [3.05, 3.63) is 23.0 Å². The number of nitrogens with zero attached hydrogens (tertiary/aromatic N) is 4. The standard InChI is InChI=1S/C13H18N6O3/c20-11(8-18-3-5-22-6-4-18)15-1-2-19-12-10(17-13(19)21)7-14-9-16-12/h7,9H,1-6,8H2,(H,15,20)(H,17,21). The molecular formula is C13H18N6O3. The van der Waals surface area contributed by atoms with Crippen LogP contribution < -0.4 is 11.0 Å². The average molecular weight is 306 g/mol. The van der Waals surface area contributed by atoms with Crippen molar-refractivity contribution in [2.75, 3.05) is 39.4 Å². The van der Waals surface area contributed by atoms with Gasteiger partial charge in [-0.3, -0.25) is 14.3 Å². The van der Waals surface area contributed by atoms with Crippen LogP contribution in [0.25, 0.3) is 11.2 Å². The molecule has 9 heteroatoms. The van der Waals surface area contributed by atoms with Crippen molar-refractivity contribution in [2.45, 2.75) is 6.54 Å². The van der Waals surface area contributed by atoms with E-state index in [1.165, 1.54) is 10.9 Å². The topological polar surface area (TPSA) is 105 Å². The molecule has 0 aromatic carbocycles. The van der Waals surface area contributed by atoms with E-state index in [1.54, 1.807) is 6.20 Å². The summed E-state index contributed by atoms with van der Waals surface area (Å²) in [4.78, 5) is 36.4. The molecule has 1 aliphatic heterocycles. The SMILES string of the molecule is O=C(CN1CCOCC1)NCCn1c(=O)[nH]c2cncnc21. The van der Waals surface area contributed by atoms with Gasteiger partial charge in [-0.1, -0.05) is 0 Å². The fourth-order valence-electron chi connectivity index (χ4n) is 2.44. The highest BCUT2D eigenvalue weighted by atomic mass is 16.5. The lowest BCUT2D eigenvalue weighted by atomic mass is 10.4. The number of hydrogen-bond donors (Lipinski definition) is 2. The van der Waals surface area contributed by atoms with Crippen LogP contribution in [-0.4, -0.2) is 69.7 Å². The van der Waals surface area contributed by atoms with Gasteiger partial charge >= 0.3 is 5.69 Å². The first-order chi connectivity index (χ1) is 10.7. The van der Waals surface area contributed by atoms with Gasteiger partial charge in [-0.2, -0.15) is 0 Å². The molecule has 118 valence electrons. The van der Waals surface area contributed by atoms with Crippen molar-refractivity contribution in [1.29, 1.82) is 0 Å². The second-order valence-corrected chi connectivity index (χ2v) is 5.08. The first-order valence-electron chi connectivity index (χ1n) is 7.19. The second-order valence-electron chi connectivity index (χ2n) is 5.08. The zero-order valence-corrected chi connectivity index (χ0v) is 12.1. The Morgan fingerprint density at radius 2 is 2.23 bits per heavy atom. The van der Waals surface area contributed by atoms with Gasteiger partial charge in [0.05, 0.1) is 26.0 Å². The number of carbonyl (C=O) groups is 1. The quantitative estimate of drug-likeness (QED) is 0.701. The first-order valence-corrected chi connectivity index (χ1v) is 7.19. The fraction of sp³-hybridized carbons (Fsp3) is 0.538. The molecule has 0 radical (unpaired) electrons. The van der Waals surface area contributed by atoms with Gasteiger partial charge in [0, 0.05) is 26.2 Å². The molecule has 22 heavy (non-hydrogen) atoms. The van der Waals surface area contributed by atoms with Crippen LogP contribution in [-0.2, 0) is 16.1 Å². The van der Waals surface area contributed by atoms with E-state index < -0.39 is 0 Å². The Hall–Kier alpha value is -2.26. The largest absolute Gasteiger partial charge is 0.379 e. The summed E-state index contributed by atoms with van der Waals surface area (Å²) >= 11 is 0. The molecule has 1 aliphatic rings. The van der Waals surface area contributed by atoms with Gasteiger partial charge in [0.1, 0.15) is 11.8 Å². The van der Waals surface area contributed by atoms with Crippen molar-refractivity contribution in [3.8, 4) is 0 Å². The summed E-state index contributed by atoms with van der Waals surface area (Å²) in [6.07, 6.45) is 2.94. The minimum atomic E-state index is -0.252. The molecule has 0 aliphatic carbocycles. The van der Waals surface area contributed by atoms with Crippen LogP contribution in [0.5, 0.6) is 0 Å². The summed E-state index contributed by atoms with van der Waals surface area (Å²) in [5.74, 6) is -0.0515. The summed E-state index contributed by atoms with van der Waals surface area (Å²) in [5, 5.41) is 2.82. The molecule has 3 rings (SSSR count). The van der Waals surface area contributed by atoms with Crippen molar-refractivity contribution in [3.63, 3.8) is 0 Å². The molecule has 0 unspecified atom stereocenters. The molecule has 2 aromatic heterocycles. The highest BCUT2D eigenvalue weighted by Gasteiger charge is 2.14. The zero-order valence-electron chi connectivity index (χ0n) is 12.1. The summed E-state index contributed by atoms with van der Waals surface area (Å²) in [6, 6.07) is 0. The Balaban J connectivity index is 1.52. The zero-order chi connectivity index (χ0) is 15.4. The van der Waals surface area contributed by atoms with E-state index >= 15 is 0 Å². The van der Waals surface area contributed by atoms with E-state index in [4.69, 9.17) is 4.74 Å². The monoisotopic (exact) mass is 306 g/mol. The Bertz CT molecular complexity index is 703. The molecule has 2 aromatic rings. The molecule has 1 fully saturated rings. The predicted molar refractivity (Wildman–Crippen MR) is 78.4 cm³/mol. The number of morpholine rings is 1. The van der Waals surface area contributed by atoms with Crippen LogP contribution in [0.15, 0.2) is 17.3 Å². The highest BCUT2D eigenvalue weighted by Crippen LogP contribution is 2.02. The normalized spacial score (nSPS) is 16.0. The Labute approximate surface area is 126 Å². The third kappa shape index (κ3) is 3.31. The van der Waals surface area contributed by atoms with E-state index in [0.29, 0.717) is 44.0 Å². The van der Waals surface area contributed by atoms with Crippen LogP contribution in [0, 0.1) is 0 Å². The lowest BCUT2D eigenvalue weighted by Gasteiger charge is -2.25. The Kier molecular flexibility index (Phi) is 4.45. The van der Waals surface area contributed by atoms with Crippen LogP contribution in [0.4, 0.5) is 0 Å². The molecular weight excluding hydrogens is 288 g/mol. The molecule has 0 spiro atoms. The van der Waals surface area contributed by atoms with E-state index in [9.17, 15) is 9.59 Å². The van der Waals surface area contributed by atoms with Gasteiger partial charge in [-0.15, -0.1) is 0 Å². The number of imidazole rings is 1. The van der Waals surface area contributed by atoms with Crippen LogP contribution in [0.1, 0.15) is 0 Å². The number of ether oxygens (including phenoxy) is 1. The van der Waals surface area contributed by atoms with Gasteiger partial charge in [0.2, 0.25) is 5.91 Å². The second kappa shape index (κ2) is 6.67. The number of aromatic nitrogens is 4. The fourth-order valence-corrected chi connectivity index (χ4v) is 2.44. The van der Waals surface area contributed by atoms with E-state index in [-0.39, 0.29) is 11.6 Å². The summed E-state index contributed by atoms with van der Waals surface area (Å²) in [6.45, 7) is 3.97. The lowest BCUT2D eigenvalue weighted by molar-refractivity contribution is -0.123. The van der Waals surface area contributed by atoms with E-state index in [0.717, 1.165) is 13.1 Å². The minimum absolute atomic E-state index is 0.0515. The number of fused-ring (bicyclic) bond motifs is 1. The summed E-state index contributed by atoms with van der Waals surface area (Å²) in [5.41, 5.74) is 0.882. The van der Waals surface area contributed by atoms with Gasteiger partial charge < -0.3 is 15.0 Å². The maximum atomic E-state index is 11.9. The minimum Gasteiger partial charge on any atom is -0.379 e. The smallest absolute Gasteiger partial charge is 0.327 e. The summed E-state index contributed by atoms with van der Waals surface area (Å²) in [7, 11) is 0. The number of nitrogens with one attached hydrogen (secondary N) is 2. The molecule has 2 N–H and O–H groups in total. The van der Waals surface area contributed by atoms with Gasteiger partial charge in [0.15, 0.2) is 5.65 Å². The first kappa shape index (κ1) is 14.7. The molecule has 1 amide bonds. The Morgan fingerprint density at radius 3 is 3.05 bits per heavy atom. The van der Waals surface area contributed by atoms with Crippen LogP contribution >= 0.6 is 0 Å². The third-order valence-corrected chi connectivity index (χ3v) is 3.56. The maximum absolute atomic E-state index is 11.9. The maximum Gasteiger partial charge on any atom is 0.327 e. The lowest BCUT2D eigenvalue weighted by Crippen LogP contribution is -2.43. The van der Waals surface area contributed by atoms with Crippen LogP contribution in [0.2, 0.25) is 0 Å². The Morgan fingerprint density at radius 1 is 1.41 bits per heavy atom. The van der Waals surface area contributed by atoms with Crippen LogP contribution in [0.3, 0.4) is 0 Å². The third-order valence-electron chi connectivity index (χ3n) is 3.56. The van der Waals surface area contributed by atoms with Gasteiger partial charge in [-0.05, 0) is 0 Å². The van der Waals surface area contributed by atoms with Crippen molar-refractivity contribution in [1.82, 2.24) is 29.7 Å². The molecule has 9 nitrogen and oxygen atoms in total. The van der Waals surface area contributed by atoms with E-state index in [1.807, 2.05) is 4.90 Å². The van der Waals surface area contributed by atoms with Crippen molar-refractivity contribution >= 4 is 17.1 Å². The van der Waals surface area contributed by atoms with Gasteiger partial charge in [0.25, 0.3) is 0 Å². The molecule has 3 heterocycles.